The molecule has 0 aliphatic carbocycles. The number of carbonyl (C=O) groups is 2. The van der Waals surface area contributed by atoms with Gasteiger partial charge in [0.25, 0.3) is 0 Å². The zero-order valence-corrected chi connectivity index (χ0v) is 13.0. The highest BCUT2D eigenvalue weighted by molar-refractivity contribution is 7.13. The number of nitrogen functional groups attached to an aromatic ring is 1. The van der Waals surface area contributed by atoms with Crippen LogP contribution in [0.3, 0.4) is 0 Å². The molecule has 0 aliphatic rings. The first-order valence-corrected chi connectivity index (χ1v) is 7.52. The topological polar surface area (TPSA) is 93.5 Å². The molecule has 0 bridgehead atoms. The largest absolute Gasteiger partial charge is 0.420 e. The van der Waals surface area contributed by atoms with Gasteiger partial charge in [-0.2, -0.15) is 0 Å². The Morgan fingerprint density at radius 1 is 1.22 bits per heavy atom. The van der Waals surface area contributed by atoms with E-state index in [0.29, 0.717) is 22.9 Å². The lowest BCUT2D eigenvalue weighted by atomic mass is 10.3. The maximum Gasteiger partial charge on any atom is 0.353 e. The van der Waals surface area contributed by atoms with Crippen LogP contribution in [0.4, 0.5) is 10.5 Å². The first-order valence-electron chi connectivity index (χ1n) is 6.70. The molecule has 2 aromatic rings. The zero-order chi connectivity index (χ0) is 16.7. The fourth-order valence-corrected chi connectivity index (χ4v) is 2.49. The second-order valence-corrected chi connectivity index (χ2v) is 5.60. The molecule has 118 valence electrons. The molecule has 6 nitrogen and oxygen atoms in total. The van der Waals surface area contributed by atoms with E-state index in [4.69, 9.17) is 16.9 Å². The highest BCUT2D eigenvalue weighted by Crippen LogP contribution is 2.23. The molecule has 7 heteroatoms. The molecule has 23 heavy (non-hydrogen) atoms. The lowest BCUT2D eigenvalue weighted by Gasteiger charge is -2.05. The molecule has 0 saturated heterocycles. The minimum Gasteiger partial charge on any atom is -0.420 e. The molecule has 1 heterocycles. The van der Waals surface area contributed by atoms with Gasteiger partial charge in [-0.15, -0.1) is 17.8 Å². The van der Waals surface area contributed by atoms with E-state index in [2.05, 4.69) is 16.6 Å². The summed E-state index contributed by atoms with van der Waals surface area (Å²) in [6.07, 6.45) is 5.04. The molecular formula is C16H15N3O3S. The van der Waals surface area contributed by atoms with Gasteiger partial charge in [-0.1, -0.05) is 18.1 Å². The Morgan fingerprint density at radius 2 is 2.00 bits per heavy atom. The molecule has 2 amide bonds. The summed E-state index contributed by atoms with van der Waals surface area (Å²) in [7, 11) is 0. The minimum absolute atomic E-state index is 0.159. The second-order valence-electron chi connectivity index (χ2n) is 4.43. The third-order valence-electron chi connectivity index (χ3n) is 2.76. The number of anilines is 1. The summed E-state index contributed by atoms with van der Waals surface area (Å²) in [5, 5.41) is 5.12. The van der Waals surface area contributed by atoms with Gasteiger partial charge in [0.05, 0.1) is 18.8 Å². The first kappa shape index (κ1) is 16.4. The Balaban J connectivity index is 1.91. The van der Waals surface area contributed by atoms with Crippen molar-refractivity contribution in [3.05, 3.63) is 46.2 Å². The Labute approximate surface area is 137 Å². The van der Waals surface area contributed by atoms with Crippen LogP contribution in [-0.2, 0) is 6.54 Å². The van der Waals surface area contributed by atoms with Gasteiger partial charge in [0.2, 0.25) is 0 Å². The molecule has 0 fully saturated rings. The van der Waals surface area contributed by atoms with Crippen LogP contribution in [-0.4, -0.2) is 18.5 Å². The van der Waals surface area contributed by atoms with Crippen molar-refractivity contribution in [3.63, 3.8) is 0 Å². The number of hydrogen-bond acceptors (Lipinski definition) is 5. The number of nitrogens with one attached hydrogen (secondary N) is 2. The van der Waals surface area contributed by atoms with Gasteiger partial charge in [-0.25, -0.2) is 9.59 Å². The lowest BCUT2D eigenvalue weighted by molar-refractivity contribution is 0.0741. The van der Waals surface area contributed by atoms with E-state index in [1.165, 1.54) is 11.3 Å². The maximum atomic E-state index is 12.1. The van der Waals surface area contributed by atoms with E-state index in [1.54, 1.807) is 36.4 Å². The van der Waals surface area contributed by atoms with Crippen molar-refractivity contribution >= 4 is 29.0 Å². The predicted molar refractivity (Wildman–Crippen MR) is 89.2 cm³/mol. The molecule has 1 aromatic heterocycles. The zero-order valence-electron chi connectivity index (χ0n) is 12.2. The Morgan fingerprint density at radius 3 is 2.74 bits per heavy atom. The highest BCUT2D eigenvalue weighted by Gasteiger charge is 2.13. The molecule has 0 saturated carbocycles. The fraction of sp³-hybridized carbons (Fsp3) is 0.125. The Kier molecular flexibility index (Phi) is 5.61. The predicted octanol–water partition coefficient (Wildman–Crippen LogP) is 1.98. The monoisotopic (exact) mass is 329 g/mol. The molecule has 4 N–H and O–H groups in total. The smallest absolute Gasteiger partial charge is 0.353 e. The number of rotatable bonds is 5. The first-order chi connectivity index (χ1) is 11.1. The van der Waals surface area contributed by atoms with Crippen LogP contribution in [0, 0.1) is 12.3 Å². The van der Waals surface area contributed by atoms with Crippen molar-refractivity contribution in [1.82, 2.24) is 10.6 Å². The number of benzene rings is 1. The maximum absolute atomic E-state index is 12.1. The second kappa shape index (κ2) is 7.87. The van der Waals surface area contributed by atoms with Crippen molar-refractivity contribution in [2.24, 2.45) is 0 Å². The summed E-state index contributed by atoms with van der Waals surface area (Å²) >= 11 is 1.23. The third kappa shape index (κ3) is 4.76. The van der Waals surface area contributed by atoms with Crippen molar-refractivity contribution in [2.45, 2.75) is 6.54 Å². The quantitative estimate of drug-likeness (QED) is 0.338. The van der Waals surface area contributed by atoms with Crippen molar-refractivity contribution in [3.8, 4) is 18.1 Å². The van der Waals surface area contributed by atoms with Gasteiger partial charge in [0.15, 0.2) is 5.75 Å². The summed E-state index contributed by atoms with van der Waals surface area (Å²) in [4.78, 5) is 24.7. The average Bonchev–Trinajstić information content (AvgIpc) is 3.02. The van der Waals surface area contributed by atoms with Crippen molar-refractivity contribution in [2.75, 3.05) is 12.3 Å². The number of para-hydroxylation sites is 2. The van der Waals surface area contributed by atoms with Gasteiger partial charge in [0.1, 0.15) is 4.88 Å². The number of nitrogens with two attached hydrogens (primary N) is 1. The molecule has 0 atom stereocenters. The fourth-order valence-electron chi connectivity index (χ4n) is 1.67. The van der Waals surface area contributed by atoms with E-state index in [1.807, 2.05) is 0 Å². The van der Waals surface area contributed by atoms with Crippen LogP contribution >= 0.6 is 11.3 Å². The summed E-state index contributed by atoms with van der Waals surface area (Å²) < 4.78 is 5.25. The third-order valence-corrected chi connectivity index (χ3v) is 3.82. The number of amides is 2. The molecule has 0 aliphatic heterocycles. The number of terminal acetylenes is 1. The molecular weight excluding hydrogens is 314 g/mol. The van der Waals surface area contributed by atoms with Crippen LogP contribution in [0.2, 0.25) is 0 Å². The number of hydrogen-bond donors (Lipinski definition) is 3. The normalized spacial score (nSPS) is 9.70. The van der Waals surface area contributed by atoms with E-state index in [0.717, 1.165) is 4.88 Å². The number of carbonyl (C=O) groups excluding carboxylic acids is 2. The summed E-state index contributed by atoms with van der Waals surface area (Å²) in [6.45, 7) is 0.453. The van der Waals surface area contributed by atoms with Gasteiger partial charge in [-0.3, -0.25) is 0 Å². The average molecular weight is 329 g/mol. The van der Waals surface area contributed by atoms with E-state index >= 15 is 0 Å². The SMILES string of the molecule is C#CCNC(=O)NCc1ccc(C(=O)Oc2ccccc2N)s1. The standard InChI is InChI=1S/C16H15N3O3S/c1-2-9-18-16(21)19-10-11-7-8-14(23-11)15(20)22-13-6-4-3-5-12(13)17/h1,3-8H,9-10,17H2,(H2,18,19,21). The van der Waals surface area contributed by atoms with Crippen LogP contribution in [0.1, 0.15) is 14.5 Å². The van der Waals surface area contributed by atoms with Crippen LogP contribution < -0.4 is 21.1 Å². The summed E-state index contributed by atoms with van der Waals surface area (Å²) in [5.74, 6) is 2.13. The van der Waals surface area contributed by atoms with Gasteiger partial charge in [-0.05, 0) is 24.3 Å². The molecule has 0 spiro atoms. The number of esters is 1. The van der Waals surface area contributed by atoms with Gasteiger partial charge < -0.3 is 21.1 Å². The van der Waals surface area contributed by atoms with Crippen LogP contribution in [0.5, 0.6) is 5.75 Å². The van der Waals surface area contributed by atoms with Gasteiger partial charge in [0, 0.05) is 4.88 Å². The Hall–Kier alpha value is -2.98. The number of thiophene rings is 1. The number of urea groups is 1. The molecule has 2 rings (SSSR count). The van der Waals surface area contributed by atoms with Crippen molar-refractivity contribution in [1.29, 1.82) is 0 Å². The van der Waals surface area contributed by atoms with E-state index in [9.17, 15) is 9.59 Å². The molecule has 0 radical (unpaired) electrons. The Bertz CT molecular complexity index is 749. The minimum atomic E-state index is -0.490. The van der Waals surface area contributed by atoms with Gasteiger partial charge >= 0.3 is 12.0 Å². The van der Waals surface area contributed by atoms with Crippen LogP contribution in [0.25, 0.3) is 0 Å². The van der Waals surface area contributed by atoms with Crippen LogP contribution in [0.15, 0.2) is 36.4 Å². The van der Waals surface area contributed by atoms with E-state index < -0.39 is 5.97 Å². The van der Waals surface area contributed by atoms with E-state index in [-0.39, 0.29) is 12.6 Å². The molecule has 1 aromatic carbocycles. The van der Waals surface area contributed by atoms with Crippen molar-refractivity contribution < 1.29 is 14.3 Å². The summed E-state index contributed by atoms with van der Waals surface area (Å²) in [6, 6.07) is 9.79. The molecule has 0 unspecified atom stereocenters. The summed E-state index contributed by atoms with van der Waals surface area (Å²) in [5.41, 5.74) is 6.12. The highest BCUT2D eigenvalue weighted by atomic mass is 32.1. The lowest BCUT2D eigenvalue weighted by Crippen LogP contribution is -2.34. The number of ether oxygens (including phenoxy) is 1.